The molecular formula is C10H18N2. The Morgan fingerprint density at radius 2 is 2.08 bits per heavy atom. The van der Waals surface area contributed by atoms with Crippen LogP contribution in [-0.4, -0.2) is 9.78 Å². The molecular weight excluding hydrogens is 148 g/mol. The average Bonchev–Trinajstić information content (AvgIpc) is 2.36. The molecule has 0 radical (unpaired) electrons. The Morgan fingerprint density at radius 1 is 1.42 bits per heavy atom. The largest absolute Gasteiger partial charge is 0.270 e. The van der Waals surface area contributed by atoms with E-state index in [2.05, 4.69) is 37.5 Å². The minimum atomic E-state index is 0.698. The second kappa shape index (κ2) is 3.74. The zero-order valence-corrected chi connectivity index (χ0v) is 8.41. The fraction of sp³-hybridized carbons (Fsp3) is 0.700. The molecule has 0 aliphatic carbocycles. The Hall–Kier alpha value is -0.790. The maximum absolute atomic E-state index is 4.25. The quantitative estimate of drug-likeness (QED) is 0.674. The van der Waals surface area contributed by atoms with E-state index < -0.39 is 0 Å². The molecule has 0 spiro atoms. The molecule has 12 heavy (non-hydrogen) atoms. The van der Waals surface area contributed by atoms with E-state index in [1.165, 1.54) is 5.69 Å². The summed E-state index contributed by atoms with van der Waals surface area (Å²) in [5, 5.41) is 4.25. The Bertz CT molecular complexity index is 238. The van der Waals surface area contributed by atoms with Gasteiger partial charge in [-0.1, -0.05) is 20.8 Å². The zero-order chi connectivity index (χ0) is 9.14. The summed E-state index contributed by atoms with van der Waals surface area (Å²) in [5.41, 5.74) is 1.25. The molecule has 0 bridgehead atoms. The molecule has 1 rings (SSSR count). The predicted octanol–water partition coefficient (Wildman–Crippen LogP) is 2.48. The maximum Gasteiger partial charge on any atom is 0.0492 e. The van der Waals surface area contributed by atoms with Crippen LogP contribution in [0.1, 0.15) is 26.5 Å². The van der Waals surface area contributed by atoms with Crippen LogP contribution in [0.3, 0.4) is 0 Å². The summed E-state index contributed by atoms with van der Waals surface area (Å²) in [5.74, 6) is 1.43. The second-order valence-corrected chi connectivity index (χ2v) is 3.88. The fourth-order valence-corrected chi connectivity index (χ4v) is 1.07. The van der Waals surface area contributed by atoms with Crippen LogP contribution in [0, 0.1) is 18.8 Å². The van der Waals surface area contributed by atoms with Crippen molar-refractivity contribution in [1.29, 1.82) is 0 Å². The van der Waals surface area contributed by atoms with Crippen molar-refractivity contribution in [3.05, 3.63) is 18.0 Å². The molecule has 1 heterocycles. The van der Waals surface area contributed by atoms with Gasteiger partial charge in [0.05, 0.1) is 0 Å². The van der Waals surface area contributed by atoms with Gasteiger partial charge in [0, 0.05) is 18.4 Å². The van der Waals surface area contributed by atoms with Crippen molar-refractivity contribution in [3.8, 4) is 0 Å². The molecule has 68 valence electrons. The first-order chi connectivity index (χ1) is 5.61. The van der Waals surface area contributed by atoms with E-state index in [-0.39, 0.29) is 0 Å². The van der Waals surface area contributed by atoms with E-state index in [0.29, 0.717) is 5.92 Å². The van der Waals surface area contributed by atoms with Gasteiger partial charge >= 0.3 is 0 Å². The van der Waals surface area contributed by atoms with Gasteiger partial charge in [-0.05, 0) is 24.8 Å². The highest BCUT2D eigenvalue weighted by molar-refractivity contribution is 4.96. The van der Waals surface area contributed by atoms with Crippen molar-refractivity contribution in [3.63, 3.8) is 0 Å². The van der Waals surface area contributed by atoms with Gasteiger partial charge in [-0.25, -0.2) is 0 Å². The molecule has 0 aromatic carbocycles. The molecule has 0 N–H and O–H groups in total. The summed E-state index contributed by atoms with van der Waals surface area (Å²) in [4.78, 5) is 0. The van der Waals surface area contributed by atoms with Crippen LogP contribution >= 0.6 is 0 Å². The van der Waals surface area contributed by atoms with Crippen LogP contribution < -0.4 is 0 Å². The standard InChI is InChI=1S/C10H18N2/c1-8(2)9(3)7-12-10(4)5-6-11-12/h5-6,8-9H,7H2,1-4H3. The van der Waals surface area contributed by atoms with E-state index in [0.717, 1.165) is 12.5 Å². The highest BCUT2D eigenvalue weighted by Gasteiger charge is 2.08. The van der Waals surface area contributed by atoms with Gasteiger partial charge < -0.3 is 0 Å². The van der Waals surface area contributed by atoms with Crippen LogP contribution in [0.4, 0.5) is 0 Å². The van der Waals surface area contributed by atoms with Crippen LogP contribution in [0.5, 0.6) is 0 Å². The lowest BCUT2D eigenvalue weighted by Crippen LogP contribution is -2.14. The molecule has 0 aliphatic heterocycles. The molecule has 0 fully saturated rings. The minimum absolute atomic E-state index is 0.698. The van der Waals surface area contributed by atoms with Crippen molar-refractivity contribution in [2.75, 3.05) is 0 Å². The van der Waals surface area contributed by atoms with Crippen LogP contribution in [0.25, 0.3) is 0 Å². The SMILES string of the molecule is Cc1ccnn1CC(C)C(C)C. The Kier molecular flexibility index (Phi) is 2.90. The van der Waals surface area contributed by atoms with Crippen molar-refractivity contribution in [2.24, 2.45) is 11.8 Å². The molecule has 2 heteroatoms. The average molecular weight is 166 g/mol. The van der Waals surface area contributed by atoms with Gasteiger partial charge in [-0.2, -0.15) is 5.10 Å². The molecule has 0 amide bonds. The lowest BCUT2D eigenvalue weighted by Gasteiger charge is -2.16. The van der Waals surface area contributed by atoms with E-state index in [1.807, 2.05) is 12.3 Å². The van der Waals surface area contributed by atoms with E-state index in [1.54, 1.807) is 0 Å². The van der Waals surface area contributed by atoms with Gasteiger partial charge in [-0.3, -0.25) is 4.68 Å². The minimum Gasteiger partial charge on any atom is -0.270 e. The molecule has 1 atom stereocenters. The van der Waals surface area contributed by atoms with Crippen molar-refractivity contribution in [2.45, 2.75) is 34.2 Å². The first-order valence-corrected chi connectivity index (χ1v) is 4.59. The van der Waals surface area contributed by atoms with E-state index in [4.69, 9.17) is 0 Å². The van der Waals surface area contributed by atoms with Gasteiger partial charge in [0.25, 0.3) is 0 Å². The second-order valence-electron chi connectivity index (χ2n) is 3.88. The van der Waals surface area contributed by atoms with Crippen LogP contribution in [0.2, 0.25) is 0 Å². The van der Waals surface area contributed by atoms with Gasteiger partial charge in [0.15, 0.2) is 0 Å². The number of rotatable bonds is 3. The highest BCUT2D eigenvalue weighted by atomic mass is 15.3. The smallest absolute Gasteiger partial charge is 0.0492 e. The summed E-state index contributed by atoms with van der Waals surface area (Å²) in [6.45, 7) is 9.91. The number of aromatic nitrogens is 2. The maximum atomic E-state index is 4.25. The van der Waals surface area contributed by atoms with Gasteiger partial charge in [0.1, 0.15) is 0 Å². The third-order valence-corrected chi connectivity index (χ3v) is 2.53. The first kappa shape index (κ1) is 9.30. The van der Waals surface area contributed by atoms with Crippen molar-refractivity contribution >= 4 is 0 Å². The fourth-order valence-electron chi connectivity index (χ4n) is 1.07. The molecule has 1 aromatic rings. The van der Waals surface area contributed by atoms with Crippen LogP contribution in [0.15, 0.2) is 12.3 Å². The Labute approximate surface area is 74.6 Å². The number of nitrogens with zero attached hydrogens (tertiary/aromatic N) is 2. The van der Waals surface area contributed by atoms with E-state index >= 15 is 0 Å². The van der Waals surface area contributed by atoms with Crippen molar-refractivity contribution in [1.82, 2.24) is 9.78 Å². The summed E-state index contributed by atoms with van der Waals surface area (Å²) >= 11 is 0. The predicted molar refractivity (Wildman–Crippen MR) is 51.0 cm³/mol. The molecule has 1 unspecified atom stereocenters. The monoisotopic (exact) mass is 166 g/mol. The molecule has 0 saturated heterocycles. The Morgan fingerprint density at radius 3 is 2.50 bits per heavy atom. The summed E-state index contributed by atoms with van der Waals surface area (Å²) < 4.78 is 2.07. The lowest BCUT2D eigenvalue weighted by atomic mass is 9.98. The van der Waals surface area contributed by atoms with E-state index in [9.17, 15) is 0 Å². The molecule has 2 nitrogen and oxygen atoms in total. The third-order valence-electron chi connectivity index (χ3n) is 2.53. The number of hydrogen-bond acceptors (Lipinski definition) is 1. The summed E-state index contributed by atoms with van der Waals surface area (Å²) in [6, 6.07) is 2.05. The molecule has 0 aliphatic rings. The molecule has 0 saturated carbocycles. The Balaban J connectivity index is 2.58. The first-order valence-electron chi connectivity index (χ1n) is 4.59. The third kappa shape index (κ3) is 2.10. The highest BCUT2D eigenvalue weighted by Crippen LogP contribution is 2.12. The molecule has 1 aromatic heterocycles. The number of aryl methyl sites for hydroxylation is 1. The summed E-state index contributed by atoms with van der Waals surface area (Å²) in [7, 11) is 0. The van der Waals surface area contributed by atoms with Crippen molar-refractivity contribution < 1.29 is 0 Å². The number of hydrogen-bond donors (Lipinski definition) is 0. The van der Waals surface area contributed by atoms with Crippen LogP contribution in [-0.2, 0) is 6.54 Å². The normalized spacial score (nSPS) is 13.8. The lowest BCUT2D eigenvalue weighted by molar-refractivity contribution is 0.345. The topological polar surface area (TPSA) is 17.8 Å². The van der Waals surface area contributed by atoms with Gasteiger partial charge in [-0.15, -0.1) is 0 Å². The zero-order valence-electron chi connectivity index (χ0n) is 8.41. The van der Waals surface area contributed by atoms with Gasteiger partial charge in [0.2, 0.25) is 0 Å². The summed E-state index contributed by atoms with van der Waals surface area (Å²) in [6.07, 6.45) is 1.86.